The summed E-state index contributed by atoms with van der Waals surface area (Å²) in [6.07, 6.45) is 5.05. The van der Waals surface area contributed by atoms with Crippen LogP contribution in [0.15, 0.2) is 18.2 Å². The van der Waals surface area contributed by atoms with Crippen molar-refractivity contribution in [1.82, 2.24) is 5.32 Å². The Bertz CT molecular complexity index is 442. The lowest BCUT2D eigenvalue weighted by Gasteiger charge is -2.12. The van der Waals surface area contributed by atoms with E-state index in [-0.39, 0.29) is 11.7 Å². The lowest BCUT2D eigenvalue weighted by atomic mass is 10.1. The maximum Gasteiger partial charge on any atom is 0.253 e. The summed E-state index contributed by atoms with van der Waals surface area (Å²) in [6.45, 7) is 0.958. The van der Waals surface area contributed by atoms with Crippen LogP contribution in [0.5, 0.6) is 5.75 Å². The Labute approximate surface area is 112 Å². The summed E-state index contributed by atoms with van der Waals surface area (Å²) in [5.74, 6) is -0.259. The first kappa shape index (κ1) is 13.7. The summed E-state index contributed by atoms with van der Waals surface area (Å²) < 4.78 is 5.65. The highest BCUT2D eigenvalue weighted by atomic mass is 16.5. The van der Waals surface area contributed by atoms with Crippen LogP contribution in [-0.2, 0) is 4.74 Å². The zero-order valence-corrected chi connectivity index (χ0v) is 10.9. The normalized spacial score (nSPS) is 15.6. The number of amides is 1. The largest absolute Gasteiger partial charge is 0.508 e. The van der Waals surface area contributed by atoms with Gasteiger partial charge in [-0.3, -0.25) is 4.79 Å². The SMILES string of the molecule is Nc1ccc(O)cc1C(=O)NCCOC1CCCC1. The number of nitrogen functional groups attached to an aromatic ring is 1. The first-order valence-electron chi connectivity index (χ1n) is 6.65. The van der Waals surface area contributed by atoms with Crippen molar-refractivity contribution in [2.75, 3.05) is 18.9 Å². The van der Waals surface area contributed by atoms with Crippen molar-refractivity contribution in [2.45, 2.75) is 31.8 Å². The molecule has 1 aromatic carbocycles. The number of phenols is 1. The van der Waals surface area contributed by atoms with E-state index in [1.807, 2.05) is 0 Å². The second-order valence-corrected chi connectivity index (χ2v) is 4.80. The Morgan fingerprint density at radius 3 is 2.89 bits per heavy atom. The predicted molar refractivity (Wildman–Crippen MR) is 73.1 cm³/mol. The molecule has 5 heteroatoms. The van der Waals surface area contributed by atoms with Crippen LogP contribution in [-0.4, -0.2) is 30.3 Å². The number of aromatic hydroxyl groups is 1. The Morgan fingerprint density at radius 2 is 2.16 bits per heavy atom. The Hall–Kier alpha value is -1.75. The molecule has 4 N–H and O–H groups in total. The molecule has 104 valence electrons. The molecule has 0 saturated heterocycles. The van der Waals surface area contributed by atoms with E-state index in [1.165, 1.54) is 31.0 Å². The third-order valence-corrected chi connectivity index (χ3v) is 3.32. The number of nitrogens with one attached hydrogen (secondary N) is 1. The number of hydrogen-bond donors (Lipinski definition) is 3. The van der Waals surface area contributed by atoms with E-state index >= 15 is 0 Å². The average molecular weight is 264 g/mol. The molecule has 0 atom stereocenters. The van der Waals surface area contributed by atoms with Gasteiger partial charge in [-0.25, -0.2) is 0 Å². The summed E-state index contributed by atoms with van der Waals surface area (Å²) in [4.78, 5) is 11.9. The number of ether oxygens (including phenoxy) is 1. The Balaban J connectivity index is 1.75. The molecule has 5 nitrogen and oxygen atoms in total. The van der Waals surface area contributed by atoms with Gasteiger partial charge in [-0.15, -0.1) is 0 Å². The molecule has 0 bridgehead atoms. The molecule has 0 heterocycles. The van der Waals surface area contributed by atoms with Crippen molar-refractivity contribution < 1.29 is 14.6 Å². The molecule has 1 amide bonds. The van der Waals surface area contributed by atoms with Gasteiger partial charge in [0.15, 0.2) is 0 Å². The number of benzene rings is 1. The molecule has 0 unspecified atom stereocenters. The molecule has 1 saturated carbocycles. The van der Waals surface area contributed by atoms with Crippen LogP contribution in [0.2, 0.25) is 0 Å². The molecule has 0 aliphatic heterocycles. The molecule has 19 heavy (non-hydrogen) atoms. The minimum absolute atomic E-state index is 0.0292. The molecule has 0 aromatic heterocycles. The second kappa shape index (κ2) is 6.43. The number of phenolic OH excluding ortho intramolecular Hbond substituents is 1. The van der Waals surface area contributed by atoms with E-state index in [9.17, 15) is 9.90 Å². The van der Waals surface area contributed by atoms with Gasteiger partial charge in [-0.05, 0) is 31.0 Å². The predicted octanol–water partition coefficient (Wildman–Crippen LogP) is 1.66. The van der Waals surface area contributed by atoms with Crippen molar-refractivity contribution >= 4 is 11.6 Å². The third kappa shape index (κ3) is 3.86. The van der Waals surface area contributed by atoms with Crippen LogP contribution in [0.25, 0.3) is 0 Å². The average Bonchev–Trinajstić information content (AvgIpc) is 2.90. The number of carbonyl (C=O) groups is 1. The molecule has 1 fully saturated rings. The van der Waals surface area contributed by atoms with Gasteiger partial charge in [0.1, 0.15) is 5.75 Å². The quantitative estimate of drug-likeness (QED) is 0.429. The van der Waals surface area contributed by atoms with E-state index in [0.29, 0.717) is 30.5 Å². The van der Waals surface area contributed by atoms with Gasteiger partial charge in [0, 0.05) is 12.2 Å². The maximum absolute atomic E-state index is 11.9. The van der Waals surface area contributed by atoms with Crippen LogP contribution in [0.4, 0.5) is 5.69 Å². The van der Waals surface area contributed by atoms with Crippen LogP contribution in [0.1, 0.15) is 36.0 Å². The van der Waals surface area contributed by atoms with E-state index in [2.05, 4.69) is 5.32 Å². The van der Waals surface area contributed by atoms with Crippen molar-refractivity contribution in [3.8, 4) is 5.75 Å². The van der Waals surface area contributed by atoms with Crippen molar-refractivity contribution in [1.29, 1.82) is 0 Å². The van der Waals surface area contributed by atoms with Crippen LogP contribution >= 0.6 is 0 Å². The van der Waals surface area contributed by atoms with Crippen LogP contribution < -0.4 is 11.1 Å². The first-order chi connectivity index (χ1) is 9.16. The van der Waals surface area contributed by atoms with Crippen LogP contribution in [0, 0.1) is 0 Å². The summed E-state index contributed by atoms with van der Waals surface area (Å²) >= 11 is 0. The smallest absolute Gasteiger partial charge is 0.253 e. The standard InChI is InChI=1S/C14H20N2O3/c15-13-6-5-10(17)9-12(13)14(18)16-7-8-19-11-3-1-2-4-11/h5-6,9,11,17H,1-4,7-8,15H2,(H,16,18). The van der Waals surface area contributed by atoms with Crippen LogP contribution in [0.3, 0.4) is 0 Å². The molecular formula is C14H20N2O3. The summed E-state index contributed by atoms with van der Waals surface area (Å²) in [5.41, 5.74) is 6.34. The van der Waals surface area contributed by atoms with Crippen molar-refractivity contribution in [3.05, 3.63) is 23.8 Å². The molecule has 1 aliphatic rings. The number of carbonyl (C=O) groups excluding carboxylic acids is 1. The van der Waals surface area contributed by atoms with Crippen molar-refractivity contribution in [3.63, 3.8) is 0 Å². The second-order valence-electron chi connectivity index (χ2n) is 4.80. The molecule has 0 spiro atoms. The summed E-state index contributed by atoms with van der Waals surface area (Å²) in [6, 6.07) is 4.33. The lowest BCUT2D eigenvalue weighted by molar-refractivity contribution is 0.0582. The van der Waals surface area contributed by atoms with Gasteiger partial charge in [0.25, 0.3) is 5.91 Å². The molecule has 2 rings (SSSR count). The highest BCUT2D eigenvalue weighted by molar-refractivity contribution is 5.99. The highest BCUT2D eigenvalue weighted by Gasteiger charge is 2.15. The van der Waals surface area contributed by atoms with E-state index < -0.39 is 0 Å². The number of rotatable bonds is 5. The number of anilines is 1. The minimum Gasteiger partial charge on any atom is -0.508 e. The number of nitrogens with two attached hydrogens (primary N) is 1. The molecule has 1 aliphatic carbocycles. The van der Waals surface area contributed by atoms with Crippen molar-refractivity contribution in [2.24, 2.45) is 0 Å². The maximum atomic E-state index is 11.9. The molecular weight excluding hydrogens is 244 g/mol. The van der Waals surface area contributed by atoms with Gasteiger partial charge in [-0.2, -0.15) is 0 Å². The Kier molecular flexibility index (Phi) is 4.63. The first-order valence-corrected chi connectivity index (χ1v) is 6.65. The van der Waals surface area contributed by atoms with Gasteiger partial charge in [-0.1, -0.05) is 12.8 Å². The van der Waals surface area contributed by atoms with E-state index in [0.717, 1.165) is 12.8 Å². The summed E-state index contributed by atoms with van der Waals surface area (Å²) in [7, 11) is 0. The highest BCUT2D eigenvalue weighted by Crippen LogP contribution is 2.20. The zero-order valence-electron chi connectivity index (χ0n) is 10.9. The molecule has 0 radical (unpaired) electrons. The van der Waals surface area contributed by atoms with Gasteiger partial charge in [0.05, 0.1) is 18.3 Å². The van der Waals surface area contributed by atoms with E-state index in [1.54, 1.807) is 0 Å². The van der Waals surface area contributed by atoms with E-state index in [4.69, 9.17) is 10.5 Å². The zero-order chi connectivity index (χ0) is 13.7. The minimum atomic E-state index is -0.288. The van der Waals surface area contributed by atoms with Gasteiger partial charge < -0.3 is 20.9 Å². The fraction of sp³-hybridized carbons (Fsp3) is 0.500. The number of hydrogen-bond acceptors (Lipinski definition) is 4. The molecule has 1 aromatic rings. The fourth-order valence-electron chi connectivity index (χ4n) is 2.28. The topological polar surface area (TPSA) is 84.6 Å². The Morgan fingerprint density at radius 1 is 1.42 bits per heavy atom. The fourth-order valence-corrected chi connectivity index (χ4v) is 2.28. The monoisotopic (exact) mass is 264 g/mol. The van der Waals surface area contributed by atoms with Gasteiger partial charge >= 0.3 is 0 Å². The van der Waals surface area contributed by atoms with Gasteiger partial charge in [0.2, 0.25) is 0 Å². The third-order valence-electron chi connectivity index (χ3n) is 3.32. The summed E-state index contributed by atoms with van der Waals surface area (Å²) in [5, 5.41) is 12.1. The lowest BCUT2D eigenvalue weighted by Crippen LogP contribution is -2.29.